The van der Waals surface area contributed by atoms with E-state index in [9.17, 15) is 4.39 Å². The molecular formula is C25H33ClFN3S. The molecule has 6 heteroatoms. The van der Waals surface area contributed by atoms with Crippen molar-refractivity contribution in [2.75, 3.05) is 30.1 Å². The molecule has 1 fully saturated rings. The van der Waals surface area contributed by atoms with Gasteiger partial charge in [-0.2, -0.15) is 0 Å². The van der Waals surface area contributed by atoms with Gasteiger partial charge in [-0.15, -0.1) is 0 Å². The van der Waals surface area contributed by atoms with Crippen LogP contribution in [-0.2, 0) is 0 Å². The number of rotatable bonds is 7. The first-order valence-corrected chi connectivity index (χ1v) is 12.3. The quantitative estimate of drug-likeness (QED) is 0.444. The van der Waals surface area contributed by atoms with E-state index >= 15 is 0 Å². The summed E-state index contributed by atoms with van der Waals surface area (Å²) < 4.78 is 17.3. The molecule has 0 bridgehead atoms. The number of piperazine rings is 1. The maximum Gasteiger partial charge on any atom is 0.142 e. The Morgan fingerprint density at radius 1 is 1.19 bits per heavy atom. The lowest BCUT2D eigenvalue weighted by atomic mass is 10.0. The summed E-state index contributed by atoms with van der Waals surface area (Å²) in [5, 5.41) is 0.178. The SMILES string of the molecule is CCSNc1ccc(C(=C(C)C)N2CCN(C(C)c3ccc(Cl)c(F)c3)CC2C)cc1. The standard InChI is InChI=1S/C25H33ClFN3S/c1-6-31-28-22-10-7-20(8-11-22)25(17(2)3)30-14-13-29(16-18(30)4)19(5)21-9-12-23(26)24(27)15-21/h7-12,15,18-19,28H,6,13-14,16H2,1-5H3. The van der Waals surface area contributed by atoms with Crippen molar-refractivity contribution in [2.24, 2.45) is 0 Å². The predicted octanol–water partition coefficient (Wildman–Crippen LogP) is 7.08. The molecule has 31 heavy (non-hydrogen) atoms. The van der Waals surface area contributed by atoms with Crippen LogP contribution in [0.3, 0.4) is 0 Å². The van der Waals surface area contributed by atoms with E-state index < -0.39 is 0 Å². The molecule has 0 radical (unpaired) electrons. The highest BCUT2D eigenvalue weighted by Crippen LogP contribution is 2.32. The van der Waals surface area contributed by atoms with Crippen molar-refractivity contribution < 1.29 is 4.39 Å². The van der Waals surface area contributed by atoms with Gasteiger partial charge in [-0.1, -0.05) is 54.2 Å². The second-order valence-corrected chi connectivity index (χ2v) is 9.83. The average Bonchev–Trinajstić information content (AvgIpc) is 2.75. The summed E-state index contributed by atoms with van der Waals surface area (Å²) in [6.45, 7) is 13.7. The molecule has 1 aliphatic rings. The van der Waals surface area contributed by atoms with Crippen LogP contribution in [0.1, 0.15) is 51.8 Å². The molecule has 0 amide bonds. The minimum Gasteiger partial charge on any atom is -0.366 e. The molecule has 1 aliphatic heterocycles. The van der Waals surface area contributed by atoms with Crippen molar-refractivity contribution >= 4 is 34.9 Å². The van der Waals surface area contributed by atoms with Gasteiger partial charge in [0, 0.05) is 48.9 Å². The molecule has 0 aromatic heterocycles. The number of nitrogens with one attached hydrogen (secondary N) is 1. The van der Waals surface area contributed by atoms with Crippen LogP contribution >= 0.6 is 23.5 Å². The van der Waals surface area contributed by atoms with E-state index in [4.69, 9.17) is 11.6 Å². The molecule has 0 aliphatic carbocycles. The van der Waals surface area contributed by atoms with E-state index in [0.717, 1.165) is 36.6 Å². The second-order valence-electron chi connectivity index (χ2n) is 8.35. The Kier molecular flexibility index (Phi) is 8.31. The lowest BCUT2D eigenvalue weighted by Gasteiger charge is -2.45. The summed E-state index contributed by atoms with van der Waals surface area (Å²) in [6, 6.07) is 14.4. The van der Waals surface area contributed by atoms with E-state index in [1.165, 1.54) is 16.8 Å². The van der Waals surface area contributed by atoms with Crippen LogP contribution in [0.25, 0.3) is 5.70 Å². The smallest absolute Gasteiger partial charge is 0.142 e. The zero-order valence-electron chi connectivity index (χ0n) is 19.1. The molecule has 0 spiro atoms. The Hall–Kier alpha value is -1.69. The Balaban J connectivity index is 1.73. The van der Waals surface area contributed by atoms with E-state index in [1.807, 2.05) is 6.07 Å². The normalized spacial score (nSPS) is 18.0. The Bertz CT molecular complexity index is 911. The largest absolute Gasteiger partial charge is 0.366 e. The Labute approximate surface area is 195 Å². The van der Waals surface area contributed by atoms with Gasteiger partial charge in [0.1, 0.15) is 5.82 Å². The number of hydrogen-bond donors (Lipinski definition) is 1. The minimum absolute atomic E-state index is 0.146. The van der Waals surface area contributed by atoms with E-state index in [1.54, 1.807) is 24.1 Å². The van der Waals surface area contributed by atoms with Crippen molar-refractivity contribution in [2.45, 2.75) is 46.7 Å². The lowest BCUT2D eigenvalue weighted by Crippen LogP contribution is -2.51. The summed E-state index contributed by atoms with van der Waals surface area (Å²) >= 11 is 7.57. The van der Waals surface area contributed by atoms with E-state index in [2.05, 4.69) is 73.4 Å². The molecule has 2 aromatic rings. The van der Waals surface area contributed by atoms with E-state index in [-0.39, 0.29) is 16.9 Å². The van der Waals surface area contributed by atoms with Crippen molar-refractivity contribution in [3.63, 3.8) is 0 Å². The lowest BCUT2D eigenvalue weighted by molar-refractivity contribution is 0.0961. The van der Waals surface area contributed by atoms with Gasteiger partial charge in [0.2, 0.25) is 0 Å². The molecule has 0 saturated carbocycles. The minimum atomic E-state index is -0.347. The van der Waals surface area contributed by atoms with Gasteiger partial charge >= 0.3 is 0 Å². The maximum absolute atomic E-state index is 14.0. The maximum atomic E-state index is 14.0. The van der Waals surface area contributed by atoms with Gasteiger partial charge in [0.25, 0.3) is 0 Å². The average molecular weight is 462 g/mol. The van der Waals surface area contributed by atoms with Crippen LogP contribution in [-0.4, -0.2) is 41.2 Å². The predicted molar refractivity (Wildman–Crippen MR) is 134 cm³/mol. The van der Waals surface area contributed by atoms with Crippen molar-refractivity contribution in [1.29, 1.82) is 0 Å². The monoisotopic (exact) mass is 461 g/mol. The zero-order valence-corrected chi connectivity index (χ0v) is 20.7. The number of nitrogens with zero attached hydrogens (tertiary/aromatic N) is 2. The molecule has 2 aromatic carbocycles. The number of allylic oxidation sites excluding steroid dienone is 1. The third-order valence-corrected chi connectivity index (χ3v) is 6.86. The van der Waals surface area contributed by atoms with Gasteiger partial charge in [-0.3, -0.25) is 4.90 Å². The van der Waals surface area contributed by atoms with Crippen LogP contribution in [0, 0.1) is 5.82 Å². The molecule has 3 rings (SSSR count). The number of benzene rings is 2. The first-order valence-electron chi connectivity index (χ1n) is 10.9. The molecule has 2 unspecified atom stereocenters. The van der Waals surface area contributed by atoms with Crippen LogP contribution in [0.4, 0.5) is 10.1 Å². The molecule has 1 heterocycles. The molecule has 168 valence electrons. The van der Waals surface area contributed by atoms with Gasteiger partial charge < -0.3 is 9.62 Å². The van der Waals surface area contributed by atoms with Crippen LogP contribution in [0.15, 0.2) is 48.0 Å². The van der Waals surface area contributed by atoms with Gasteiger partial charge in [-0.25, -0.2) is 4.39 Å². The fourth-order valence-electron chi connectivity index (χ4n) is 4.25. The van der Waals surface area contributed by atoms with Crippen LogP contribution in [0.5, 0.6) is 0 Å². The summed E-state index contributed by atoms with van der Waals surface area (Å²) in [7, 11) is 0. The molecule has 3 nitrogen and oxygen atoms in total. The highest BCUT2D eigenvalue weighted by molar-refractivity contribution is 8.00. The Morgan fingerprint density at radius 2 is 1.90 bits per heavy atom. The van der Waals surface area contributed by atoms with Gasteiger partial charge in [-0.05, 0) is 63.1 Å². The van der Waals surface area contributed by atoms with E-state index in [0.29, 0.717) is 6.04 Å². The fraction of sp³-hybridized carbons (Fsp3) is 0.440. The third-order valence-electron chi connectivity index (χ3n) is 5.89. The first kappa shape index (κ1) is 24.0. The highest BCUT2D eigenvalue weighted by Gasteiger charge is 2.29. The molecule has 2 atom stereocenters. The molecule has 1 saturated heterocycles. The summed E-state index contributed by atoms with van der Waals surface area (Å²) in [6.07, 6.45) is 0. The van der Waals surface area contributed by atoms with Crippen LogP contribution in [0.2, 0.25) is 5.02 Å². The van der Waals surface area contributed by atoms with Crippen molar-refractivity contribution in [3.8, 4) is 0 Å². The fourth-order valence-corrected chi connectivity index (χ4v) is 4.81. The first-order chi connectivity index (χ1) is 14.8. The summed E-state index contributed by atoms with van der Waals surface area (Å²) in [4.78, 5) is 4.95. The number of hydrogen-bond acceptors (Lipinski definition) is 4. The number of anilines is 1. The summed E-state index contributed by atoms with van der Waals surface area (Å²) in [5.41, 5.74) is 5.98. The highest BCUT2D eigenvalue weighted by atomic mass is 35.5. The Morgan fingerprint density at radius 3 is 2.48 bits per heavy atom. The second kappa shape index (κ2) is 10.8. The van der Waals surface area contributed by atoms with Gasteiger partial charge in [0.05, 0.1) is 5.02 Å². The van der Waals surface area contributed by atoms with Gasteiger partial charge in [0.15, 0.2) is 0 Å². The van der Waals surface area contributed by atoms with Crippen molar-refractivity contribution in [3.05, 3.63) is 70.0 Å². The number of halogens is 2. The van der Waals surface area contributed by atoms with Crippen LogP contribution < -0.4 is 4.72 Å². The summed E-state index contributed by atoms with van der Waals surface area (Å²) in [5.74, 6) is 0.684. The molecule has 1 N–H and O–H groups in total. The topological polar surface area (TPSA) is 18.5 Å². The third kappa shape index (κ3) is 5.76. The van der Waals surface area contributed by atoms with Crippen molar-refractivity contribution in [1.82, 2.24) is 9.80 Å². The zero-order chi connectivity index (χ0) is 22.5. The molecular weight excluding hydrogens is 429 g/mol.